The van der Waals surface area contributed by atoms with Gasteiger partial charge in [-0.1, -0.05) is 18.2 Å². The zero-order valence-corrected chi connectivity index (χ0v) is 17.3. The number of nitrogens with zero attached hydrogens (tertiary/aromatic N) is 2. The van der Waals surface area contributed by atoms with Crippen molar-refractivity contribution in [3.63, 3.8) is 0 Å². The average Bonchev–Trinajstić information content (AvgIpc) is 3.26. The first-order valence-corrected chi connectivity index (χ1v) is 11.5. The number of amides is 1. The number of ether oxygens (including phenoxy) is 2. The van der Waals surface area contributed by atoms with Gasteiger partial charge in [0.1, 0.15) is 0 Å². The Morgan fingerprint density at radius 2 is 1.93 bits per heavy atom. The molecule has 0 spiro atoms. The molecule has 154 valence electrons. The Hall–Kier alpha value is -2.74. The molecule has 7 nitrogen and oxygen atoms in total. The van der Waals surface area contributed by atoms with E-state index in [2.05, 4.69) is 0 Å². The molecule has 0 radical (unpaired) electrons. The molecule has 0 fully saturated rings. The van der Waals surface area contributed by atoms with Gasteiger partial charge in [-0.15, -0.1) is 0 Å². The minimum absolute atomic E-state index is 0.0154. The summed E-state index contributed by atoms with van der Waals surface area (Å²) < 4.78 is 36.6. The fraction of sp³-hybridized carbons (Fsp3) is 0.381. The van der Waals surface area contributed by atoms with Crippen molar-refractivity contribution in [2.45, 2.75) is 32.2 Å². The number of benzene rings is 2. The fourth-order valence-electron chi connectivity index (χ4n) is 3.97. The summed E-state index contributed by atoms with van der Waals surface area (Å²) in [6, 6.07) is 13.1. The van der Waals surface area contributed by atoms with Crippen molar-refractivity contribution in [3.8, 4) is 11.5 Å². The molecule has 1 amide bonds. The lowest BCUT2D eigenvalue weighted by Crippen LogP contribution is -2.36. The van der Waals surface area contributed by atoms with Crippen molar-refractivity contribution in [2.24, 2.45) is 0 Å². The predicted octanol–water partition coefficient (Wildman–Crippen LogP) is 2.94. The zero-order chi connectivity index (χ0) is 20.6. The van der Waals surface area contributed by atoms with E-state index in [0.717, 1.165) is 18.4 Å². The third-order valence-corrected chi connectivity index (χ3v) is 6.47. The summed E-state index contributed by atoms with van der Waals surface area (Å²) in [7, 11) is -3.50. The molecule has 2 aliphatic rings. The van der Waals surface area contributed by atoms with Crippen molar-refractivity contribution < 1.29 is 22.7 Å². The van der Waals surface area contributed by atoms with E-state index < -0.39 is 10.0 Å². The van der Waals surface area contributed by atoms with Crippen LogP contribution in [0.4, 0.5) is 11.4 Å². The van der Waals surface area contributed by atoms with E-state index in [9.17, 15) is 13.2 Å². The van der Waals surface area contributed by atoms with Gasteiger partial charge >= 0.3 is 0 Å². The van der Waals surface area contributed by atoms with E-state index in [4.69, 9.17) is 9.47 Å². The Balaban J connectivity index is 1.44. The van der Waals surface area contributed by atoms with Gasteiger partial charge in [0.05, 0.1) is 11.9 Å². The highest BCUT2D eigenvalue weighted by atomic mass is 32.2. The maximum Gasteiger partial charge on any atom is 0.232 e. The second-order valence-electron chi connectivity index (χ2n) is 7.42. The van der Waals surface area contributed by atoms with Crippen LogP contribution >= 0.6 is 0 Å². The number of hydrogen-bond acceptors (Lipinski definition) is 5. The van der Waals surface area contributed by atoms with E-state index in [-0.39, 0.29) is 31.7 Å². The Labute approximate surface area is 170 Å². The minimum Gasteiger partial charge on any atom is -0.454 e. The van der Waals surface area contributed by atoms with Gasteiger partial charge in [-0.05, 0) is 43.5 Å². The molecule has 1 atom stereocenters. The summed E-state index contributed by atoms with van der Waals surface area (Å²) in [6.45, 7) is 2.38. The molecule has 2 heterocycles. The van der Waals surface area contributed by atoms with Gasteiger partial charge in [0.15, 0.2) is 11.5 Å². The standard InChI is InChI=1S/C21H24N2O5S/c1-15-12-16-6-3-4-7-18(16)23(15)21(24)8-5-11-22(29(2,25)26)17-9-10-19-20(13-17)28-14-27-19/h3-4,6-7,9-10,13,15H,5,8,11-12,14H2,1-2H3/t15-/m1/s1. The number of carbonyl (C=O) groups excluding carboxylic acids is 1. The van der Waals surface area contributed by atoms with Gasteiger partial charge in [0, 0.05) is 30.8 Å². The first-order valence-electron chi connectivity index (χ1n) is 9.62. The molecular formula is C21H24N2O5S. The van der Waals surface area contributed by atoms with Gasteiger partial charge in [-0.3, -0.25) is 9.10 Å². The maximum absolute atomic E-state index is 12.9. The fourth-order valence-corrected chi connectivity index (χ4v) is 4.92. The van der Waals surface area contributed by atoms with Gasteiger partial charge in [0.2, 0.25) is 22.7 Å². The van der Waals surface area contributed by atoms with Crippen LogP contribution in [0, 0.1) is 0 Å². The van der Waals surface area contributed by atoms with E-state index in [1.165, 1.54) is 9.87 Å². The van der Waals surface area contributed by atoms with Crippen LogP contribution in [-0.2, 0) is 21.2 Å². The molecule has 2 aromatic carbocycles. The van der Waals surface area contributed by atoms with Crippen molar-refractivity contribution in [2.75, 3.05) is 28.8 Å². The lowest BCUT2D eigenvalue weighted by Gasteiger charge is -2.25. The van der Waals surface area contributed by atoms with Crippen molar-refractivity contribution in [1.82, 2.24) is 0 Å². The second-order valence-corrected chi connectivity index (χ2v) is 9.33. The summed E-state index contributed by atoms with van der Waals surface area (Å²) in [5.41, 5.74) is 2.64. The van der Waals surface area contributed by atoms with Gasteiger partial charge in [0.25, 0.3) is 0 Å². The highest BCUT2D eigenvalue weighted by Crippen LogP contribution is 2.36. The van der Waals surface area contributed by atoms with Crippen LogP contribution in [0.15, 0.2) is 42.5 Å². The SMILES string of the molecule is C[C@@H]1Cc2ccccc2N1C(=O)CCCN(c1ccc2c(c1)OCO2)S(C)(=O)=O. The molecule has 0 saturated heterocycles. The number of carbonyl (C=O) groups is 1. The lowest BCUT2D eigenvalue weighted by molar-refractivity contribution is -0.118. The normalized spacial score (nSPS) is 17.3. The summed E-state index contributed by atoms with van der Waals surface area (Å²) in [4.78, 5) is 14.7. The van der Waals surface area contributed by atoms with Crippen LogP contribution in [0.2, 0.25) is 0 Å². The number of sulfonamides is 1. The third kappa shape index (κ3) is 3.89. The molecule has 8 heteroatoms. The molecule has 0 N–H and O–H groups in total. The summed E-state index contributed by atoms with van der Waals surface area (Å²) >= 11 is 0. The van der Waals surface area contributed by atoms with Crippen molar-refractivity contribution in [3.05, 3.63) is 48.0 Å². The minimum atomic E-state index is -3.50. The van der Waals surface area contributed by atoms with Crippen LogP contribution in [0.3, 0.4) is 0 Å². The number of fused-ring (bicyclic) bond motifs is 2. The molecule has 2 aliphatic heterocycles. The first-order chi connectivity index (χ1) is 13.8. The largest absolute Gasteiger partial charge is 0.454 e. The van der Waals surface area contributed by atoms with Crippen LogP contribution < -0.4 is 18.7 Å². The van der Waals surface area contributed by atoms with E-state index >= 15 is 0 Å². The molecule has 0 saturated carbocycles. The van der Waals surface area contributed by atoms with Crippen LogP contribution in [0.5, 0.6) is 11.5 Å². The smallest absolute Gasteiger partial charge is 0.232 e. The summed E-state index contributed by atoms with van der Waals surface area (Å²) in [6.07, 6.45) is 2.70. The van der Waals surface area contributed by atoms with Crippen LogP contribution in [0.25, 0.3) is 0 Å². The van der Waals surface area contributed by atoms with Crippen LogP contribution in [0.1, 0.15) is 25.3 Å². The highest BCUT2D eigenvalue weighted by molar-refractivity contribution is 7.92. The number of hydrogen-bond donors (Lipinski definition) is 0. The second kappa shape index (κ2) is 7.59. The number of anilines is 2. The predicted molar refractivity (Wildman–Crippen MR) is 111 cm³/mol. The number of rotatable bonds is 6. The van der Waals surface area contributed by atoms with Gasteiger partial charge < -0.3 is 14.4 Å². The van der Waals surface area contributed by atoms with Gasteiger partial charge in [-0.2, -0.15) is 0 Å². The summed E-state index contributed by atoms with van der Waals surface area (Å²) in [5.74, 6) is 1.13. The average molecular weight is 416 g/mol. The quantitative estimate of drug-likeness (QED) is 0.724. The highest BCUT2D eigenvalue weighted by Gasteiger charge is 2.30. The molecule has 0 aliphatic carbocycles. The topological polar surface area (TPSA) is 76.2 Å². The molecule has 4 rings (SSSR count). The Morgan fingerprint density at radius 3 is 2.72 bits per heavy atom. The Kier molecular flexibility index (Phi) is 5.12. The first kappa shape index (κ1) is 19.6. The maximum atomic E-state index is 12.9. The van der Waals surface area contributed by atoms with E-state index in [1.54, 1.807) is 18.2 Å². The molecule has 29 heavy (non-hydrogen) atoms. The molecular weight excluding hydrogens is 392 g/mol. The van der Waals surface area contributed by atoms with E-state index in [0.29, 0.717) is 23.6 Å². The Morgan fingerprint density at radius 1 is 1.17 bits per heavy atom. The lowest BCUT2D eigenvalue weighted by atomic mass is 10.1. The van der Waals surface area contributed by atoms with Gasteiger partial charge in [-0.25, -0.2) is 8.42 Å². The monoisotopic (exact) mass is 416 g/mol. The zero-order valence-electron chi connectivity index (χ0n) is 16.5. The third-order valence-electron chi connectivity index (χ3n) is 5.27. The van der Waals surface area contributed by atoms with Crippen molar-refractivity contribution >= 4 is 27.3 Å². The van der Waals surface area contributed by atoms with E-state index in [1.807, 2.05) is 36.1 Å². The molecule has 0 bridgehead atoms. The molecule has 0 unspecified atom stereocenters. The number of para-hydroxylation sites is 1. The summed E-state index contributed by atoms with van der Waals surface area (Å²) in [5, 5.41) is 0. The van der Waals surface area contributed by atoms with Crippen LogP contribution in [-0.4, -0.2) is 40.0 Å². The Bertz CT molecular complexity index is 1040. The molecule has 0 aromatic heterocycles. The van der Waals surface area contributed by atoms with Crippen molar-refractivity contribution in [1.29, 1.82) is 0 Å². The molecule has 2 aromatic rings.